The summed E-state index contributed by atoms with van der Waals surface area (Å²) in [5.41, 5.74) is 3.40. The van der Waals surface area contributed by atoms with Crippen molar-refractivity contribution in [2.75, 3.05) is 18.0 Å². The molecule has 1 aliphatic heterocycles. The fourth-order valence-corrected chi connectivity index (χ4v) is 3.37. The second-order valence-corrected chi connectivity index (χ2v) is 7.00. The molecule has 0 saturated heterocycles. The maximum atomic E-state index is 12.4. The van der Waals surface area contributed by atoms with Crippen molar-refractivity contribution < 1.29 is 14.1 Å². The van der Waals surface area contributed by atoms with Crippen LogP contribution in [0.15, 0.2) is 59.1 Å². The van der Waals surface area contributed by atoms with Crippen molar-refractivity contribution in [2.24, 2.45) is 0 Å². The molecule has 0 bridgehead atoms. The summed E-state index contributed by atoms with van der Waals surface area (Å²) in [5, 5.41) is 7.22. The van der Waals surface area contributed by atoms with E-state index in [1.165, 1.54) is 0 Å². The molecule has 1 N–H and O–H groups in total. The van der Waals surface area contributed by atoms with Crippen molar-refractivity contribution in [1.82, 2.24) is 10.5 Å². The minimum atomic E-state index is -0.281. The molecule has 0 spiro atoms. The number of halogens is 1. The van der Waals surface area contributed by atoms with Gasteiger partial charge in [0.1, 0.15) is 0 Å². The number of rotatable bonds is 5. The lowest BCUT2D eigenvalue weighted by Crippen LogP contribution is -2.39. The minimum Gasteiger partial charge on any atom is -0.356 e. The summed E-state index contributed by atoms with van der Waals surface area (Å²) < 4.78 is 5.29. The van der Waals surface area contributed by atoms with Crippen LogP contribution in [-0.2, 0) is 22.4 Å². The third-order valence-electron chi connectivity index (χ3n) is 4.65. The lowest BCUT2D eigenvalue weighted by Gasteiger charge is -2.17. The molecule has 0 radical (unpaired) electrons. The first-order valence-electron chi connectivity index (χ1n) is 8.96. The number of anilines is 1. The molecular formula is C21H18ClN3O3. The van der Waals surface area contributed by atoms with Gasteiger partial charge in [0.25, 0.3) is 0 Å². The highest BCUT2D eigenvalue weighted by Gasteiger charge is 2.24. The number of nitrogens with zero attached hydrogens (tertiary/aromatic N) is 2. The van der Waals surface area contributed by atoms with Gasteiger partial charge in [-0.05, 0) is 42.3 Å². The van der Waals surface area contributed by atoms with Gasteiger partial charge in [-0.1, -0.05) is 35.0 Å². The molecule has 0 unspecified atom stereocenters. The van der Waals surface area contributed by atoms with Crippen molar-refractivity contribution in [2.45, 2.75) is 12.8 Å². The highest BCUT2D eigenvalue weighted by molar-refractivity contribution is 6.30. The number of benzene rings is 2. The number of nitrogens with one attached hydrogen (secondary N) is 1. The number of para-hydroxylation sites is 1. The maximum absolute atomic E-state index is 12.4. The van der Waals surface area contributed by atoms with Crippen molar-refractivity contribution in [3.05, 3.63) is 70.9 Å². The van der Waals surface area contributed by atoms with E-state index in [9.17, 15) is 9.59 Å². The quantitative estimate of drug-likeness (QED) is 0.719. The van der Waals surface area contributed by atoms with Crippen molar-refractivity contribution in [1.29, 1.82) is 0 Å². The van der Waals surface area contributed by atoms with Crippen LogP contribution in [0.2, 0.25) is 5.02 Å². The van der Waals surface area contributed by atoms with Gasteiger partial charge in [-0.3, -0.25) is 9.59 Å². The molecule has 28 heavy (non-hydrogen) atoms. The molecular weight excluding hydrogens is 378 g/mol. The smallest absolute Gasteiger partial charge is 0.246 e. The van der Waals surface area contributed by atoms with E-state index in [1.54, 1.807) is 23.1 Å². The van der Waals surface area contributed by atoms with Crippen LogP contribution < -0.4 is 10.2 Å². The first-order valence-corrected chi connectivity index (χ1v) is 9.34. The van der Waals surface area contributed by atoms with Crippen LogP contribution in [-0.4, -0.2) is 30.1 Å². The molecule has 2 heterocycles. The standard InChI is InChI=1S/C21H18ClN3O3/c22-16-7-5-15(6-8-16)19-11-17(24-28-19)12-20(26)23-13-21(27)25-10-9-14-3-1-2-4-18(14)25/h1-8,11H,9-10,12-13H2,(H,23,26). The first kappa shape index (κ1) is 18.3. The van der Waals surface area contributed by atoms with Crippen molar-refractivity contribution >= 4 is 29.1 Å². The van der Waals surface area contributed by atoms with Crippen LogP contribution in [0.5, 0.6) is 0 Å². The van der Waals surface area contributed by atoms with Crippen LogP contribution in [0.25, 0.3) is 11.3 Å². The van der Waals surface area contributed by atoms with Gasteiger partial charge in [0.15, 0.2) is 5.76 Å². The zero-order valence-electron chi connectivity index (χ0n) is 15.0. The van der Waals surface area contributed by atoms with E-state index in [0.29, 0.717) is 23.0 Å². The molecule has 0 fully saturated rings. The summed E-state index contributed by atoms with van der Waals surface area (Å²) in [4.78, 5) is 26.3. The summed E-state index contributed by atoms with van der Waals surface area (Å²) in [7, 11) is 0. The average Bonchev–Trinajstić information content (AvgIpc) is 3.34. The van der Waals surface area contributed by atoms with E-state index in [2.05, 4.69) is 10.5 Å². The number of aromatic nitrogens is 1. The Bertz CT molecular complexity index is 1010. The summed E-state index contributed by atoms with van der Waals surface area (Å²) in [6, 6.07) is 16.7. The number of fused-ring (bicyclic) bond motifs is 1. The summed E-state index contributed by atoms with van der Waals surface area (Å²) in [6.07, 6.45) is 0.878. The Balaban J connectivity index is 1.32. The van der Waals surface area contributed by atoms with Gasteiger partial charge in [-0.15, -0.1) is 0 Å². The Morgan fingerprint density at radius 1 is 1.14 bits per heavy atom. The van der Waals surface area contributed by atoms with E-state index in [-0.39, 0.29) is 24.8 Å². The lowest BCUT2D eigenvalue weighted by molar-refractivity contribution is -0.124. The third kappa shape index (κ3) is 3.92. The van der Waals surface area contributed by atoms with Crippen LogP contribution in [0.1, 0.15) is 11.3 Å². The zero-order chi connectivity index (χ0) is 19.5. The van der Waals surface area contributed by atoms with Crippen molar-refractivity contribution in [3.63, 3.8) is 0 Å². The molecule has 142 valence electrons. The Morgan fingerprint density at radius 2 is 1.93 bits per heavy atom. The van der Waals surface area contributed by atoms with Gasteiger partial charge in [0.05, 0.1) is 18.7 Å². The number of amides is 2. The molecule has 7 heteroatoms. The fraction of sp³-hybridized carbons (Fsp3) is 0.190. The molecule has 2 aromatic carbocycles. The van der Waals surface area contributed by atoms with Crippen LogP contribution in [0.4, 0.5) is 5.69 Å². The molecule has 1 aromatic heterocycles. The number of carbonyl (C=O) groups excluding carboxylic acids is 2. The molecule has 0 atom stereocenters. The zero-order valence-corrected chi connectivity index (χ0v) is 15.8. The fourth-order valence-electron chi connectivity index (χ4n) is 3.24. The highest BCUT2D eigenvalue weighted by atomic mass is 35.5. The predicted molar refractivity (Wildman–Crippen MR) is 106 cm³/mol. The molecule has 2 amide bonds. The van der Waals surface area contributed by atoms with Crippen LogP contribution in [0, 0.1) is 0 Å². The normalized spacial score (nSPS) is 12.7. The number of hydrogen-bond acceptors (Lipinski definition) is 4. The number of carbonyl (C=O) groups is 2. The molecule has 0 saturated carbocycles. The van der Waals surface area contributed by atoms with Gasteiger partial charge in [-0.2, -0.15) is 0 Å². The topological polar surface area (TPSA) is 75.4 Å². The Labute approximate surface area is 167 Å². The minimum absolute atomic E-state index is 0.0426. The average molecular weight is 396 g/mol. The second-order valence-electron chi connectivity index (χ2n) is 6.57. The van der Waals surface area contributed by atoms with Crippen molar-refractivity contribution in [3.8, 4) is 11.3 Å². The van der Waals surface area contributed by atoms with Gasteiger partial charge >= 0.3 is 0 Å². The van der Waals surface area contributed by atoms with Crippen LogP contribution in [0.3, 0.4) is 0 Å². The second kappa shape index (κ2) is 7.86. The van der Waals surface area contributed by atoms with Gasteiger partial charge in [0.2, 0.25) is 11.8 Å². The molecule has 4 rings (SSSR count). The maximum Gasteiger partial charge on any atom is 0.246 e. The van der Waals surface area contributed by atoms with Gasteiger partial charge in [0, 0.05) is 28.9 Å². The lowest BCUT2D eigenvalue weighted by atomic mass is 10.1. The summed E-state index contributed by atoms with van der Waals surface area (Å²) in [6.45, 7) is 0.594. The van der Waals surface area contributed by atoms with E-state index in [4.69, 9.17) is 16.1 Å². The number of hydrogen-bond donors (Lipinski definition) is 1. The van der Waals surface area contributed by atoms with E-state index in [1.807, 2.05) is 36.4 Å². The van der Waals surface area contributed by atoms with E-state index in [0.717, 1.165) is 23.2 Å². The van der Waals surface area contributed by atoms with Gasteiger partial charge in [-0.25, -0.2) is 0 Å². The third-order valence-corrected chi connectivity index (χ3v) is 4.91. The molecule has 0 aliphatic carbocycles. The Kier molecular flexibility index (Phi) is 5.12. The molecule has 1 aliphatic rings. The largest absolute Gasteiger partial charge is 0.356 e. The Hall–Kier alpha value is -3.12. The van der Waals surface area contributed by atoms with Crippen LogP contribution >= 0.6 is 11.6 Å². The molecule has 3 aromatic rings. The van der Waals surface area contributed by atoms with E-state index >= 15 is 0 Å². The Morgan fingerprint density at radius 3 is 2.75 bits per heavy atom. The summed E-state index contributed by atoms with van der Waals surface area (Å²) in [5.74, 6) is 0.154. The molecule has 6 nitrogen and oxygen atoms in total. The summed E-state index contributed by atoms with van der Waals surface area (Å²) >= 11 is 5.88. The first-order chi connectivity index (χ1) is 13.6. The monoisotopic (exact) mass is 395 g/mol. The highest BCUT2D eigenvalue weighted by Crippen LogP contribution is 2.27. The predicted octanol–water partition coefficient (Wildman–Crippen LogP) is 3.24. The van der Waals surface area contributed by atoms with Gasteiger partial charge < -0.3 is 14.7 Å². The SMILES string of the molecule is O=C(Cc1cc(-c2ccc(Cl)cc2)on1)NCC(=O)N1CCc2ccccc21. The van der Waals surface area contributed by atoms with E-state index < -0.39 is 0 Å².